The molecule has 2 saturated carbocycles. The van der Waals surface area contributed by atoms with Gasteiger partial charge in [0.25, 0.3) is 0 Å². The van der Waals surface area contributed by atoms with Gasteiger partial charge in [0, 0.05) is 17.8 Å². The zero-order valence-corrected chi connectivity index (χ0v) is 15.1. The Morgan fingerprint density at radius 3 is 2.76 bits per heavy atom. The molecule has 6 atom stereocenters. The van der Waals surface area contributed by atoms with E-state index in [1.165, 1.54) is 0 Å². The fourth-order valence-electron chi connectivity index (χ4n) is 6.03. The van der Waals surface area contributed by atoms with Crippen molar-refractivity contribution in [2.24, 2.45) is 22.7 Å². The lowest BCUT2D eigenvalue weighted by Crippen LogP contribution is -2.66. The van der Waals surface area contributed by atoms with Gasteiger partial charge in [-0.3, -0.25) is 9.59 Å². The monoisotopic (exact) mass is 346 g/mol. The summed E-state index contributed by atoms with van der Waals surface area (Å²) in [5, 5.41) is 11.8. The van der Waals surface area contributed by atoms with Gasteiger partial charge in [-0.25, -0.2) is 0 Å². The normalized spacial score (nSPS) is 46.0. The second-order valence-corrected chi connectivity index (χ2v) is 8.66. The van der Waals surface area contributed by atoms with E-state index in [0.29, 0.717) is 32.1 Å². The standard InChI is InChI=1S/C20H26O5/c1-12-10-14-16-18(2,7-5-15(21)19(16,3)17(22)25-14)20(12,23)8-4-13-6-9-24-11-13/h6,9,11-12,14,16,23H,4-5,7-8,10H2,1-3H3/t12-,14-,16+,18+,19+,20-/m1/s1. The summed E-state index contributed by atoms with van der Waals surface area (Å²) in [7, 11) is 0. The number of Topliss-reactive ketones (excluding diaryl/α,β-unsaturated/α-hetero) is 1. The van der Waals surface area contributed by atoms with Gasteiger partial charge in [-0.05, 0) is 50.2 Å². The van der Waals surface area contributed by atoms with Gasteiger partial charge in [0.15, 0.2) is 0 Å². The number of carbonyl (C=O) groups is 2. The summed E-state index contributed by atoms with van der Waals surface area (Å²) in [4.78, 5) is 25.2. The molecule has 5 nitrogen and oxygen atoms in total. The van der Waals surface area contributed by atoms with Crippen LogP contribution in [0.5, 0.6) is 0 Å². The van der Waals surface area contributed by atoms with E-state index in [2.05, 4.69) is 6.92 Å². The summed E-state index contributed by atoms with van der Waals surface area (Å²) in [5.41, 5.74) is -1.52. The maximum absolute atomic E-state index is 12.6. The average molecular weight is 346 g/mol. The fraction of sp³-hybridized carbons (Fsp3) is 0.700. The Morgan fingerprint density at radius 2 is 2.08 bits per heavy atom. The first-order valence-corrected chi connectivity index (χ1v) is 9.21. The molecule has 0 aromatic carbocycles. The van der Waals surface area contributed by atoms with Crippen LogP contribution in [0.2, 0.25) is 0 Å². The Morgan fingerprint density at radius 1 is 1.32 bits per heavy atom. The van der Waals surface area contributed by atoms with E-state index < -0.39 is 22.4 Å². The van der Waals surface area contributed by atoms with Crippen LogP contribution in [0.4, 0.5) is 0 Å². The molecule has 2 heterocycles. The van der Waals surface area contributed by atoms with Crippen LogP contribution in [0.25, 0.3) is 0 Å². The third-order valence-corrected chi connectivity index (χ3v) is 7.58. The quantitative estimate of drug-likeness (QED) is 0.673. The summed E-state index contributed by atoms with van der Waals surface area (Å²) in [5.74, 6) is -0.688. The zero-order chi connectivity index (χ0) is 18.0. The minimum absolute atomic E-state index is 0.00555. The van der Waals surface area contributed by atoms with Gasteiger partial charge in [0.05, 0.1) is 18.1 Å². The molecule has 5 heteroatoms. The summed E-state index contributed by atoms with van der Waals surface area (Å²) in [6.45, 7) is 5.82. The molecule has 1 saturated heterocycles. The Bertz CT molecular complexity index is 710. The van der Waals surface area contributed by atoms with Crippen LogP contribution >= 0.6 is 0 Å². The molecule has 0 amide bonds. The summed E-state index contributed by atoms with van der Waals surface area (Å²) >= 11 is 0. The Hall–Kier alpha value is -1.62. The van der Waals surface area contributed by atoms with Crippen LogP contribution in [0.1, 0.15) is 52.0 Å². The molecule has 0 bridgehead atoms. The number of carbonyl (C=O) groups excluding carboxylic acids is 2. The van der Waals surface area contributed by atoms with Gasteiger partial charge < -0.3 is 14.3 Å². The molecule has 1 aliphatic heterocycles. The highest BCUT2D eigenvalue weighted by Crippen LogP contribution is 2.66. The molecular formula is C20H26O5. The van der Waals surface area contributed by atoms with Gasteiger partial charge in [0.1, 0.15) is 17.3 Å². The predicted molar refractivity (Wildman–Crippen MR) is 89.6 cm³/mol. The molecule has 0 spiro atoms. The lowest BCUT2D eigenvalue weighted by atomic mass is 9.43. The molecule has 0 unspecified atom stereocenters. The van der Waals surface area contributed by atoms with Gasteiger partial charge in [0.2, 0.25) is 0 Å². The predicted octanol–water partition coefficient (Wildman–Crippen LogP) is 2.90. The van der Waals surface area contributed by atoms with Crippen LogP contribution in [0.3, 0.4) is 0 Å². The number of ether oxygens (including phenoxy) is 1. The molecule has 3 fully saturated rings. The lowest BCUT2D eigenvalue weighted by molar-refractivity contribution is -0.215. The van der Waals surface area contributed by atoms with Crippen LogP contribution in [0.15, 0.2) is 23.0 Å². The van der Waals surface area contributed by atoms with Gasteiger partial charge in [-0.2, -0.15) is 0 Å². The van der Waals surface area contributed by atoms with Crippen LogP contribution in [-0.4, -0.2) is 28.6 Å². The average Bonchev–Trinajstić information content (AvgIpc) is 3.16. The van der Waals surface area contributed by atoms with Crippen molar-refractivity contribution >= 4 is 11.8 Å². The van der Waals surface area contributed by atoms with Crippen LogP contribution in [0, 0.1) is 22.7 Å². The maximum atomic E-state index is 12.6. The summed E-state index contributed by atoms with van der Waals surface area (Å²) < 4.78 is 10.8. The SMILES string of the molecule is C[C@@H]1C[C@H]2OC(=O)[C@@]3(C)C(=O)CC[C@@](C)([C@H]23)[C@@]1(O)CCc1ccoc1. The van der Waals surface area contributed by atoms with Crippen molar-refractivity contribution in [1.82, 2.24) is 0 Å². The Labute approximate surface area is 147 Å². The Kier molecular flexibility index (Phi) is 3.50. The van der Waals surface area contributed by atoms with Crippen molar-refractivity contribution in [1.29, 1.82) is 0 Å². The van der Waals surface area contributed by atoms with E-state index in [9.17, 15) is 14.7 Å². The number of hydrogen-bond acceptors (Lipinski definition) is 5. The number of esters is 1. The topological polar surface area (TPSA) is 76.7 Å². The smallest absolute Gasteiger partial charge is 0.320 e. The molecule has 3 aliphatic rings. The number of aliphatic hydroxyl groups is 1. The zero-order valence-electron chi connectivity index (χ0n) is 15.1. The second kappa shape index (κ2) is 5.19. The summed E-state index contributed by atoms with van der Waals surface area (Å²) in [6.07, 6.45) is 5.92. The molecule has 25 heavy (non-hydrogen) atoms. The highest BCUT2D eigenvalue weighted by Gasteiger charge is 2.73. The van der Waals surface area contributed by atoms with E-state index in [1.807, 2.05) is 13.0 Å². The summed E-state index contributed by atoms with van der Waals surface area (Å²) in [6, 6.07) is 1.92. The molecular weight excluding hydrogens is 320 g/mol. The number of rotatable bonds is 3. The number of furan rings is 1. The van der Waals surface area contributed by atoms with Crippen molar-refractivity contribution in [2.45, 2.75) is 64.6 Å². The second-order valence-electron chi connectivity index (χ2n) is 8.66. The molecule has 1 aromatic heterocycles. The third kappa shape index (κ3) is 1.99. The molecule has 2 aliphatic carbocycles. The highest BCUT2D eigenvalue weighted by atomic mass is 16.6. The minimum Gasteiger partial charge on any atom is -0.472 e. The van der Waals surface area contributed by atoms with Gasteiger partial charge >= 0.3 is 5.97 Å². The molecule has 4 rings (SSSR count). The van der Waals surface area contributed by atoms with E-state index in [1.54, 1.807) is 19.5 Å². The Balaban J connectivity index is 1.74. The molecule has 1 N–H and O–H groups in total. The van der Waals surface area contributed by atoms with Crippen molar-refractivity contribution in [2.75, 3.05) is 0 Å². The van der Waals surface area contributed by atoms with Crippen LogP contribution < -0.4 is 0 Å². The minimum atomic E-state index is -1.11. The molecule has 1 aromatic rings. The van der Waals surface area contributed by atoms with E-state index >= 15 is 0 Å². The lowest BCUT2D eigenvalue weighted by Gasteiger charge is -2.60. The van der Waals surface area contributed by atoms with Crippen molar-refractivity contribution < 1.29 is 23.8 Å². The van der Waals surface area contributed by atoms with E-state index in [-0.39, 0.29) is 23.7 Å². The van der Waals surface area contributed by atoms with Gasteiger partial charge in [-0.15, -0.1) is 0 Å². The molecule has 0 radical (unpaired) electrons. The fourth-order valence-corrected chi connectivity index (χ4v) is 6.03. The first kappa shape index (κ1) is 16.8. The van der Waals surface area contributed by atoms with E-state index in [4.69, 9.17) is 9.15 Å². The van der Waals surface area contributed by atoms with Gasteiger partial charge in [-0.1, -0.05) is 13.8 Å². The van der Waals surface area contributed by atoms with E-state index in [0.717, 1.165) is 5.56 Å². The third-order valence-electron chi connectivity index (χ3n) is 7.58. The van der Waals surface area contributed by atoms with Crippen molar-refractivity contribution in [3.63, 3.8) is 0 Å². The highest BCUT2D eigenvalue weighted by molar-refractivity contribution is 6.06. The first-order chi connectivity index (χ1) is 11.7. The maximum Gasteiger partial charge on any atom is 0.320 e. The number of ketones is 1. The number of aryl methyl sites for hydroxylation is 1. The van der Waals surface area contributed by atoms with Crippen molar-refractivity contribution in [3.8, 4) is 0 Å². The largest absolute Gasteiger partial charge is 0.472 e. The first-order valence-electron chi connectivity index (χ1n) is 9.21. The van der Waals surface area contributed by atoms with Crippen molar-refractivity contribution in [3.05, 3.63) is 24.2 Å². The number of hydrogen-bond donors (Lipinski definition) is 1. The van der Waals surface area contributed by atoms with Crippen LogP contribution in [-0.2, 0) is 20.7 Å². The molecule has 136 valence electrons.